The Hall–Kier alpha value is -1.10. The molecule has 0 aromatic rings. The fraction of sp³-hybridized carbons (Fsp3) is 0.900. The number of aliphatic hydroxyl groups is 1. The van der Waals surface area contributed by atoms with Crippen molar-refractivity contribution in [2.45, 2.75) is 110 Å². The molecule has 0 aliphatic rings. The average Bonchev–Trinajstić information content (AvgIpc) is 2.58. The van der Waals surface area contributed by atoms with Crippen LogP contribution in [0.2, 0.25) is 0 Å². The second-order valence-corrected chi connectivity index (χ2v) is 7.28. The summed E-state index contributed by atoms with van der Waals surface area (Å²) in [6.45, 7) is 5.99. The Morgan fingerprint density at radius 2 is 1.08 bits per heavy atom. The molecule has 0 saturated carbocycles. The van der Waals surface area contributed by atoms with Crippen LogP contribution in [0.25, 0.3) is 0 Å². The molecule has 0 aromatic heterocycles. The van der Waals surface area contributed by atoms with Gasteiger partial charge in [0.05, 0.1) is 0 Å². The zero-order chi connectivity index (χ0) is 19.3. The first-order valence-electron chi connectivity index (χ1n) is 10.0. The Labute approximate surface area is 152 Å². The van der Waals surface area contributed by atoms with Gasteiger partial charge in [-0.3, -0.25) is 4.79 Å². The van der Waals surface area contributed by atoms with Crippen molar-refractivity contribution < 1.29 is 24.9 Å². The van der Waals surface area contributed by atoms with Crippen molar-refractivity contribution >= 4 is 11.9 Å². The van der Waals surface area contributed by atoms with Gasteiger partial charge in [0.25, 0.3) is 0 Å². The maximum absolute atomic E-state index is 12.2. The van der Waals surface area contributed by atoms with E-state index in [0.29, 0.717) is 19.3 Å². The summed E-state index contributed by atoms with van der Waals surface area (Å²) in [5.74, 6) is -2.57. The fourth-order valence-corrected chi connectivity index (χ4v) is 3.60. The quantitative estimate of drug-likeness (QED) is 0.337. The van der Waals surface area contributed by atoms with E-state index in [9.17, 15) is 24.9 Å². The van der Waals surface area contributed by atoms with Gasteiger partial charge in [0, 0.05) is 0 Å². The summed E-state index contributed by atoms with van der Waals surface area (Å²) >= 11 is 0. The fourth-order valence-electron chi connectivity index (χ4n) is 3.60. The molecule has 5 heteroatoms. The lowest BCUT2D eigenvalue weighted by molar-refractivity contribution is -0.193. The van der Waals surface area contributed by atoms with Gasteiger partial charge in [-0.05, 0) is 19.3 Å². The first kappa shape index (κ1) is 23.9. The third kappa shape index (κ3) is 6.61. The van der Waals surface area contributed by atoms with Crippen molar-refractivity contribution in [2.24, 2.45) is 5.41 Å². The number of aliphatic carboxylic acids is 2. The van der Waals surface area contributed by atoms with E-state index in [-0.39, 0.29) is 19.3 Å². The Morgan fingerprint density at radius 1 is 0.640 bits per heavy atom. The number of carboxylic acids is 2. The van der Waals surface area contributed by atoms with Crippen LogP contribution < -0.4 is 0 Å². The molecule has 0 fully saturated rings. The molecule has 0 heterocycles. The minimum atomic E-state index is -2.20. The third-order valence-corrected chi connectivity index (χ3v) is 5.36. The minimum Gasteiger partial charge on any atom is -0.481 e. The first-order valence-corrected chi connectivity index (χ1v) is 10.0. The number of hydrogen-bond donors (Lipinski definition) is 3. The lowest BCUT2D eigenvalue weighted by Crippen LogP contribution is -2.58. The number of rotatable bonds is 16. The normalized spacial score (nSPS) is 16.2. The van der Waals surface area contributed by atoms with Crippen LogP contribution in [0.3, 0.4) is 0 Å². The summed E-state index contributed by atoms with van der Waals surface area (Å²) in [5.41, 5.74) is -3.80. The van der Waals surface area contributed by atoms with Crippen LogP contribution in [-0.4, -0.2) is 32.9 Å². The molecule has 0 saturated heterocycles. The van der Waals surface area contributed by atoms with Crippen molar-refractivity contribution in [1.82, 2.24) is 0 Å². The molecule has 0 radical (unpaired) electrons. The Morgan fingerprint density at radius 3 is 1.56 bits per heavy atom. The molecule has 2 unspecified atom stereocenters. The number of carboxylic acid groups (broad SMARTS) is 2. The van der Waals surface area contributed by atoms with Crippen LogP contribution in [-0.2, 0) is 9.59 Å². The molecule has 0 aromatic carbocycles. The van der Waals surface area contributed by atoms with Crippen molar-refractivity contribution in [3.05, 3.63) is 0 Å². The van der Waals surface area contributed by atoms with Crippen LogP contribution in [0.5, 0.6) is 0 Å². The van der Waals surface area contributed by atoms with Crippen LogP contribution in [0, 0.1) is 5.41 Å². The topological polar surface area (TPSA) is 94.8 Å². The zero-order valence-corrected chi connectivity index (χ0v) is 16.4. The molecule has 5 nitrogen and oxygen atoms in total. The van der Waals surface area contributed by atoms with Crippen LogP contribution in [0.4, 0.5) is 0 Å². The van der Waals surface area contributed by atoms with Crippen molar-refractivity contribution in [1.29, 1.82) is 0 Å². The molecule has 25 heavy (non-hydrogen) atoms. The molecule has 0 spiro atoms. The Bertz CT molecular complexity index is 396. The van der Waals surface area contributed by atoms with E-state index >= 15 is 0 Å². The number of unbranched alkanes of at least 4 members (excludes halogenated alkanes) is 7. The van der Waals surface area contributed by atoms with E-state index in [1.807, 2.05) is 13.8 Å². The first-order chi connectivity index (χ1) is 11.8. The van der Waals surface area contributed by atoms with E-state index in [1.165, 1.54) is 0 Å². The molecule has 148 valence electrons. The highest BCUT2D eigenvalue weighted by molar-refractivity contribution is 5.88. The molecule has 3 N–H and O–H groups in total. The van der Waals surface area contributed by atoms with E-state index in [0.717, 1.165) is 44.9 Å². The van der Waals surface area contributed by atoms with E-state index < -0.39 is 23.0 Å². The highest BCUT2D eigenvalue weighted by Gasteiger charge is 2.59. The second-order valence-electron chi connectivity index (χ2n) is 7.28. The van der Waals surface area contributed by atoms with Gasteiger partial charge in [0.2, 0.25) is 0 Å². The maximum Gasteiger partial charge on any atom is 0.336 e. The highest BCUT2D eigenvalue weighted by atomic mass is 16.4. The average molecular weight is 359 g/mol. The largest absolute Gasteiger partial charge is 0.481 e. The zero-order valence-electron chi connectivity index (χ0n) is 16.4. The summed E-state index contributed by atoms with van der Waals surface area (Å²) in [4.78, 5) is 24.1. The van der Waals surface area contributed by atoms with Gasteiger partial charge in [-0.25, -0.2) is 4.79 Å². The third-order valence-electron chi connectivity index (χ3n) is 5.36. The number of carbonyl (C=O) groups is 2. The van der Waals surface area contributed by atoms with Crippen LogP contribution in [0.1, 0.15) is 104 Å². The molecule has 0 bridgehead atoms. The Balaban J connectivity index is 5.38. The van der Waals surface area contributed by atoms with Gasteiger partial charge in [0.15, 0.2) is 5.60 Å². The van der Waals surface area contributed by atoms with E-state index in [1.54, 1.807) is 0 Å². The number of hydrogen-bond acceptors (Lipinski definition) is 3. The molecule has 0 rings (SSSR count). The van der Waals surface area contributed by atoms with Crippen molar-refractivity contribution in [3.8, 4) is 0 Å². The molecular formula is C20H38O5. The summed E-state index contributed by atoms with van der Waals surface area (Å²) in [6, 6.07) is 0. The Kier molecular flexibility index (Phi) is 11.7. The summed E-state index contributed by atoms with van der Waals surface area (Å²) in [6.07, 6.45) is 8.98. The van der Waals surface area contributed by atoms with Gasteiger partial charge in [-0.1, -0.05) is 85.0 Å². The predicted molar refractivity (Wildman–Crippen MR) is 99.7 cm³/mol. The predicted octanol–water partition coefficient (Wildman–Crippen LogP) is 5.00. The van der Waals surface area contributed by atoms with Crippen LogP contribution in [0.15, 0.2) is 0 Å². The van der Waals surface area contributed by atoms with E-state index in [4.69, 9.17) is 0 Å². The highest BCUT2D eigenvalue weighted by Crippen LogP contribution is 2.45. The van der Waals surface area contributed by atoms with Crippen molar-refractivity contribution in [3.63, 3.8) is 0 Å². The summed E-state index contributed by atoms with van der Waals surface area (Å²) in [5, 5.41) is 30.6. The minimum absolute atomic E-state index is 0.00924. The van der Waals surface area contributed by atoms with Gasteiger partial charge in [-0.15, -0.1) is 0 Å². The van der Waals surface area contributed by atoms with Gasteiger partial charge < -0.3 is 15.3 Å². The molecule has 0 amide bonds. The monoisotopic (exact) mass is 358 g/mol. The maximum atomic E-state index is 12.2. The van der Waals surface area contributed by atoms with Gasteiger partial charge in [0.1, 0.15) is 5.41 Å². The SMILES string of the molecule is CCCCCCCCC(CCCC)(C(=O)O)C(O)(CCCC)C(=O)O. The lowest BCUT2D eigenvalue weighted by atomic mass is 9.63. The molecular weight excluding hydrogens is 320 g/mol. The van der Waals surface area contributed by atoms with Gasteiger partial charge >= 0.3 is 11.9 Å². The molecule has 0 aliphatic carbocycles. The molecule has 0 aliphatic heterocycles. The summed E-state index contributed by atoms with van der Waals surface area (Å²) in [7, 11) is 0. The lowest BCUT2D eigenvalue weighted by Gasteiger charge is -2.42. The standard InChI is InChI=1S/C20H38O5/c1-4-7-10-11-12-13-15-19(17(21)22,14-8-5-2)20(25,18(23)24)16-9-6-3/h25H,4-16H2,1-3H3,(H,21,22)(H,23,24). The van der Waals surface area contributed by atoms with Crippen molar-refractivity contribution in [2.75, 3.05) is 0 Å². The molecule has 2 atom stereocenters. The van der Waals surface area contributed by atoms with E-state index in [2.05, 4.69) is 6.92 Å². The smallest absolute Gasteiger partial charge is 0.336 e. The second kappa shape index (κ2) is 12.3. The van der Waals surface area contributed by atoms with Gasteiger partial charge in [-0.2, -0.15) is 0 Å². The summed E-state index contributed by atoms with van der Waals surface area (Å²) < 4.78 is 0. The van der Waals surface area contributed by atoms with Crippen LogP contribution >= 0.6 is 0 Å².